The Kier molecular flexibility index (Phi) is 6.73. The first kappa shape index (κ1) is 17.9. The van der Waals surface area contributed by atoms with Crippen LogP contribution in [0.3, 0.4) is 0 Å². The van der Waals surface area contributed by atoms with E-state index < -0.39 is 0 Å². The predicted octanol–water partition coefficient (Wildman–Crippen LogP) is 4.79. The fraction of sp³-hybridized carbons (Fsp3) is 0.500. The Morgan fingerprint density at radius 3 is 2.83 bits per heavy atom. The molecule has 1 aliphatic rings. The van der Waals surface area contributed by atoms with E-state index in [9.17, 15) is 0 Å². The van der Waals surface area contributed by atoms with Crippen LogP contribution in [0.1, 0.15) is 23.3 Å². The quantitative estimate of drug-likeness (QED) is 0.698. The summed E-state index contributed by atoms with van der Waals surface area (Å²) in [7, 11) is 2.26. The van der Waals surface area contributed by atoms with Crippen molar-refractivity contribution in [3.05, 3.63) is 57.2 Å². The minimum absolute atomic E-state index is 0.800. The van der Waals surface area contributed by atoms with E-state index in [0.29, 0.717) is 0 Å². The summed E-state index contributed by atoms with van der Waals surface area (Å²) in [5.41, 5.74) is 1.39. The summed E-state index contributed by atoms with van der Waals surface area (Å²) in [4.78, 5) is 6.59. The molecule has 130 valence electrons. The summed E-state index contributed by atoms with van der Waals surface area (Å²) < 4.78 is 0. The van der Waals surface area contributed by atoms with Crippen LogP contribution in [-0.2, 0) is 13.0 Å². The molecular weight excluding hydrogens is 336 g/mol. The number of benzene rings is 1. The summed E-state index contributed by atoms with van der Waals surface area (Å²) in [5.74, 6) is 0.800. The van der Waals surface area contributed by atoms with Crippen LogP contribution in [-0.4, -0.2) is 43.0 Å². The highest BCUT2D eigenvalue weighted by Gasteiger charge is 2.21. The molecule has 0 aliphatic carbocycles. The van der Waals surface area contributed by atoms with Crippen molar-refractivity contribution in [2.24, 2.45) is 5.92 Å². The molecule has 0 saturated carbocycles. The van der Waals surface area contributed by atoms with Gasteiger partial charge >= 0.3 is 0 Å². The molecule has 0 N–H and O–H groups in total. The van der Waals surface area contributed by atoms with Gasteiger partial charge in [0, 0.05) is 36.1 Å². The van der Waals surface area contributed by atoms with Gasteiger partial charge in [-0.2, -0.15) is 0 Å². The van der Waals surface area contributed by atoms with Gasteiger partial charge in [-0.3, -0.25) is 0 Å². The third-order valence-corrected chi connectivity index (χ3v) is 5.92. The van der Waals surface area contributed by atoms with Crippen LogP contribution in [0, 0.1) is 5.92 Å². The van der Waals surface area contributed by atoms with Crippen molar-refractivity contribution < 1.29 is 0 Å². The first-order valence-electron chi connectivity index (χ1n) is 8.87. The number of likely N-dealkylation sites (tertiary alicyclic amines) is 1. The lowest BCUT2D eigenvalue weighted by molar-refractivity contribution is 0.143. The zero-order chi connectivity index (χ0) is 16.8. The van der Waals surface area contributed by atoms with Crippen molar-refractivity contribution in [2.45, 2.75) is 25.8 Å². The second kappa shape index (κ2) is 9.00. The van der Waals surface area contributed by atoms with Gasteiger partial charge in [-0.15, -0.1) is 11.3 Å². The molecule has 1 aromatic carbocycles. The highest BCUT2D eigenvalue weighted by atomic mass is 35.5. The Labute approximate surface area is 155 Å². The summed E-state index contributed by atoms with van der Waals surface area (Å²) in [6, 6.07) is 12.7. The van der Waals surface area contributed by atoms with Crippen molar-refractivity contribution in [3.63, 3.8) is 0 Å². The molecular formula is C20H27ClN2S. The van der Waals surface area contributed by atoms with Gasteiger partial charge < -0.3 is 9.80 Å². The van der Waals surface area contributed by atoms with Gasteiger partial charge in [0.2, 0.25) is 0 Å². The maximum atomic E-state index is 5.96. The smallest absolute Gasteiger partial charge is 0.0406 e. The molecule has 0 spiro atoms. The first-order valence-corrected chi connectivity index (χ1v) is 10.1. The van der Waals surface area contributed by atoms with E-state index in [0.717, 1.165) is 30.5 Å². The largest absolute Gasteiger partial charge is 0.303 e. The second-order valence-electron chi connectivity index (χ2n) is 6.96. The highest BCUT2D eigenvalue weighted by molar-refractivity contribution is 7.09. The topological polar surface area (TPSA) is 6.48 Å². The molecule has 2 heterocycles. The Balaban J connectivity index is 1.42. The lowest BCUT2D eigenvalue weighted by Crippen LogP contribution is -2.40. The Morgan fingerprint density at radius 1 is 1.25 bits per heavy atom. The number of piperidine rings is 1. The van der Waals surface area contributed by atoms with E-state index in [1.54, 1.807) is 0 Å². The average Bonchev–Trinajstić information content (AvgIpc) is 3.07. The van der Waals surface area contributed by atoms with Crippen molar-refractivity contribution in [3.8, 4) is 0 Å². The van der Waals surface area contributed by atoms with Crippen LogP contribution in [0.2, 0.25) is 5.02 Å². The molecule has 0 amide bonds. The molecule has 1 aliphatic heterocycles. The van der Waals surface area contributed by atoms with Gasteiger partial charge in [-0.1, -0.05) is 29.8 Å². The third-order valence-electron chi connectivity index (χ3n) is 4.81. The molecule has 1 atom stereocenters. The van der Waals surface area contributed by atoms with Gasteiger partial charge in [-0.25, -0.2) is 0 Å². The van der Waals surface area contributed by atoms with Crippen LogP contribution in [0.25, 0.3) is 0 Å². The lowest BCUT2D eigenvalue weighted by Gasteiger charge is -2.34. The van der Waals surface area contributed by atoms with Gasteiger partial charge in [0.25, 0.3) is 0 Å². The fourth-order valence-electron chi connectivity index (χ4n) is 3.62. The standard InChI is InChI=1S/C20H27ClN2S/c1-22(16-20-5-3-13-24-20)14-18-4-2-11-23(15-18)12-10-17-6-8-19(21)9-7-17/h3,5-9,13,18H,2,4,10-12,14-16H2,1H3/t18-/m1/s1. The number of nitrogens with zero attached hydrogens (tertiary/aromatic N) is 2. The molecule has 0 unspecified atom stereocenters. The molecule has 0 radical (unpaired) electrons. The zero-order valence-electron chi connectivity index (χ0n) is 14.5. The number of rotatable bonds is 7. The minimum Gasteiger partial charge on any atom is -0.303 e. The van der Waals surface area contributed by atoms with Crippen molar-refractivity contribution in [2.75, 3.05) is 33.2 Å². The van der Waals surface area contributed by atoms with Crippen LogP contribution in [0.4, 0.5) is 0 Å². The van der Waals surface area contributed by atoms with Gasteiger partial charge in [0.1, 0.15) is 0 Å². The van der Waals surface area contributed by atoms with Crippen LogP contribution >= 0.6 is 22.9 Å². The molecule has 4 heteroatoms. The molecule has 0 bridgehead atoms. The van der Waals surface area contributed by atoms with Crippen molar-refractivity contribution >= 4 is 22.9 Å². The molecule has 3 rings (SSSR count). The second-order valence-corrected chi connectivity index (χ2v) is 8.43. The van der Waals surface area contributed by atoms with Crippen molar-refractivity contribution in [1.29, 1.82) is 0 Å². The maximum absolute atomic E-state index is 5.96. The van der Waals surface area contributed by atoms with Crippen molar-refractivity contribution in [1.82, 2.24) is 9.80 Å². The van der Waals surface area contributed by atoms with Crippen LogP contribution in [0.5, 0.6) is 0 Å². The van der Waals surface area contributed by atoms with E-state index in [1.807, 2.05) is 23.5 Å². The van der Waals surface area contributed by atoms with Crippen LogP contribution < -0.4 is 0 Å². The third kappa shape index (κ3) is 5.59. The van der Waals surface area contributed by atoms with E-state index in [-0.39, 0.29) is 0 Å². The summed E-state index contributed by atoms with van der Waals surface area (Å²) in [6.07, 6.45) is 3.82. The maximum Gasteiger partial charge on any atom is 0.0406 e. The van der Waals surface area contributed by atoms with E-state index >= 15 is 0 Å². The van der Waals surface area contributed by atoms with E-state index in [2.05, 4.69) is 46.5 Å². The number of hydrogen-bond donors (Lipinski definition) is 0. The Hall–Kier alpha value is -0.870. The minimum atomic E-state index is 0.800. The Bertz CT molecular complexity index is 597. The molecule has 2 nitrogen and oxygen atoms in total. The molecule has 24 heavy (non-hydrogen) atoms. The molecule has 2 aromatic rings. The van der Waals surface area contributed by atoms with Gasteiger partial charge in [-0.05, 0) is 67.9 Å². The molecule has 1 saturated heterocycles. The molecule has 1 fully saturated rings. The fourth-order valence-corrected chi connectivity index (χ4v) is 4.53. The Morgan fingerprint density at radius 2 is 2.08 bits per heavy atom. The normalized spacial score (nSPS) is 19.0. The number of thiophene rings is 1. The zero-order valence-corrected chi connectivity index (χ0v) is 16.0. The van der Waals surface area contributed by atoms with E-state index in [1.165, 1.54) is 42.9 Å². The number of hydrogen-bond acceptors (Lipinski definition) is 3. The summed E-state index contributed by atoms with van der Waals surface area (Å²) >= 11 is 7.82. The summed E-state index contributed by atoms with van der Waals surface area (Å²) in [5, 5.41) is 2.99. The highest BCUT2D eigenvalue weighted by Crippen LogP contribution is 2.20. The molecule has 1 aromatic heterocycles. The first-order chi connectivity index (χ1) is 11.7. The number of halogens is 1. The van der Waals surface area contributed by atoms with Gasteiger partial charge in [0.15, 0.2) is 0 Å². The monoisotopic (exact) mass is 362 g/mol. The summed E-state index contributed by atoms with van der Waals surface area (Å²) in [6.45, 7) is 5.93. The SMILES string of the molecule is CN(Cc1cccs1)C[C@H]1CCCN(CCc2ccc(Cl)cc2)C1. The van der Waals surface area contributed by atoms with Crippen LogP contribution in [0.15, 0.2) is 41.8 Å². The van der Waals surface area contributed by atoms with E-state index in [4.69, 9.17) is 11.6 Å². The lowest BCUT2D eigenvalue weighted by atomic mass is 9.97. The predicted molar refractivity (Wildman–Crippen MR) is 105 cm³/mol. The van der Waals surface area contributed by atoms with Gasteiger partial charge in [0.05, 0.1) is 0 Å². The average molecular weight is 363 g/mol.